The molecule has 1 aromatic rings. The monoisotopic (exact) mass is 294 g/mol. The fourth-order valence-corrected chi connectivity index (χ4v) is 3.49. The number of hydrogen-bond acceptors (Lipinski definition) is 1. The summed E-state index contributed by atoms with van der Waals surface area (Å²) in [6, 6.07) is 10.9. The molecular formula is C18H27ClO. The fraction of sp³-hybridized carbons (Fsp3) is 0.667. The quantitative estimate of drug-likeness (QED) is 0.484. The number of hydrogen-bond donors (Lipinski definition) is 0. The van der Waals surface area contributed by atoms with Gasteiger partial charge >= 0.3 is 0 Å². The summed E-state index contributed by atoms with van der Waals surface area (Å²) in [6.07, 6.45) is 7.07. The second kappa shape index (κ2) is 8.69. The Hall–Kier alpha value is -0.530. The largest absolute Gasteiger partial charge is 0.381 e. The minimum atomic E-state index is 0.338. The first-order chi connectivity index (χ1) is 9.81. The van der Waals surface area contributed by atoms with Crippen molar-refractivity contribution in [2.45, 2.75) is 56.7 Å². The van der Waals surface area contributed by atoms with Crippen molar-refractivity contribution in [2.75, 3.05) is 13.2 Å². The molecule has 1 fully saturated rings. The van der Waals surface area contributed by atoms with E-state index in [2.05, 4.69) is 37.3 Å². The van der Waals surface area contributed by atoms with Crippen LogP contribution in [0.4, 0.5) is 0 Å². The topological polar surface area (TPSA) is 9.23 Å². The summed E-state index contributed by atoms with van der Waals surface area (Å²) in [5.41, 5.74) is 1.48. The van der Waals surface area contributed by atoms with Crippen LogP contribution in [-0.2, 0) is 4.74 Å². The van der Waals surface area contributed by atoms with Crippen LogP contribution in [0, 0.1) is 5.92 Å². The normalized spacial score (nSPS) is 26.6. The zero-order valence-electron chi connectivity index (χ0n) is 12.6. The number of benzene rings is 1. The van der Waals surface area contributed by atoms with Gasteiger partial charge in [0.25, 0.3) is 0 Å². The Labute approximate surface area is 128 Å². The predicted octanol–water partition coefficient (Wildman–Crippen LogP) is 5.38. The van der Waals surface area contributed by atoms with Gasteiger partial charge in [-0.1, -0.05) is 43.7 Å². The molecule has 3 unspecified atom stereocenters. The van der Waals surface area contributed by atoms with E-state index in [1.54, 1.807) is 0 Å². The summed E-state index contributed by atoms with van der Waals surface area (Å²) in [5.74, 6) is 1.30. The van der Waals surface area contributed by atoms with Gasteiger partial charge in [0.1, 0.15) is 0 Å². The number of rotatable bonds is 7. The first-order valence-corrected chi connectivity index (χ1v) is 8.51. The van der Waals surface area contributed by atoms with Crippen LogP contribution < -0.4 is 0 Å². The molecule has 3 atom stereocenters. The molecule has 0 bridgehead atoms. The van der Waals surface area contributed by atoms with Crippen LogP contribution in [0.25, 0.3) is 0 Å². The Balaban J connectivity index is 1.79. The van der Waals surface area contributed by atoms with E-state index < -0.39 is 0 Å². The maximum absolute atomic E-state index is 6.52. The molecule has 0 N–H and O–H groups in total. The highest BCUT2D eigenvalue weighted by Gasteiger charge is 2.29. The zero-order chi connectivity index (χ0) is 14.2. The summed E-state index contributed by atoms with van der Waals surface area (Å²) in [6.45, 7) is 3.97. The highest BCUT2D eigenvalue weighted by molar-refractivity contribution is 6.20. The van der Waals surface area contributed by atoms with Crippen LogP contribution in [0.5, 0.6) is 0 Å². The minimum Gasteiger partial charge on any atom is -0.381 e. The average molecular weight is 295 g/mol. The van der Waals surface area contributed by atoms with Crippen molar-refractivity contribution in [3.05, 3.63) is 35.9 Å². The third-order valence-electron chi connectivity index (χ3n) is 4.44. The van der Waals surface area contributed by atoms with Crippen LogP contribution in [-0.4, -0.2) is 18.6 Å². The van der Waals surface area contributed by atoms with Crippen LogP contribution >= 0.6 is 11.6 Å². The third-order valence-corrected chi connectivity index (χ3v) is 5.01. The summed E-state index contributed by atoms with van der Waals surface area (Å²) in [5, 5.41) is 0.338. The molecule has 1 aliphatic rings. The summed E-state index contributed by atoms with van der Waals surface area (Å²) < 4.78 is 5.71. The molecule has 20 heavy (non-hydrogen) atoms. The summed E-state index contributed by atoms with van der Waals surface area (Å²) in [7, 11) is 0. The molecule has 0 amide bonds. The Morgan fingerprint density at radius 1 is 1.15 bits per heavy atom. The minimum absolute atomic E-state index is 0.338. The van der Waals surface area contributed by atoms with Gasteiger partial charge in [0.15, 0.2) is 0 Å². The molecule has 2 rings (SSSR count). The zero-order valence-corrected chi connectivity index (χ0v) is 13.3. The van der Waals surface area contributed by atoms with Gasteiger partial charge < -0.3 is 4.74 Å². The van der Waals surface area contributed by atoms with Gasteiger partial charge in [-0.2, -0.15) is 0 Å². The van der Waals surface area contributed by atoms with Gasteiger partial charge in [0.2, 0.25) is 0 Å². The Morgan fingerprint density at radius 2 is 1.95 bits per heavy atom. The first-order valence-electron chi connectivity index (χ1n) is 8.08. The van der Waals surface area contributed by atoms with Crippen molar-refractivity contribution >= 4 is 11.6 Å². The van der Waals surface area contributed by atoms with Gasteiger partial charge in [-0.15, -0.1) is 11.6 Å². The SMILES string of the molecule is CCCCOCCC1CC(c2ccccc2)CCC1Cl. The predicted molar refractivity (Wildman–Crippen MR) is 86.5 cm³/mol. The molecule has 1 aromatic carbocycles. The molecule has 0 aromatic heterocycles. The maximum Gasteiger partial charge on any atom is 0.0469 e. The highest BCUT2D eigenvalue weighted by Crippen LogP contribution is 2.39. The van der Waals surface area contributed by atoms with Gasteiger partial charge in [0, 0.05) is 18.6 Å². The lowest BCUT2D eigenvalue weighted by molar-refractivity contribution is 0.110. The molecule has 1 nitrogen and oxygen atoms in total. The van der Waals surface area contributed by atoms with E-state index in [-0.39, 0.29) is 0 Å². The van der Waals surface area contributed by atoms with Gasteiger partial charge in [-0.3, -0.25) is 0 Å². The molecule has 1 saturated carbocycles. The van der Waals surface area contributed by atoms with Crippen molar-refractivity contribution in [3.63, 3.8) is 0 Å². The lowest BCUT2D eigenvalue weighted by atomic mass is 9.76. The van der Waals surface area contributed by atoms with Gasteiger partial charge in [-0.05, 0) is 49.5 Å². The second-order valence-electron chi connectivity index (χ2n) is 5.95. The van der Waals surface area contributed by atoms with Crippen LogP contribution in [0.1, 0.15) is 56.9 Å². The molecule has 1 aliphatic carbocycles. The van der Waals surface area contributed by atoms with Crippen molar-refractivity contribution in [3.8, 4) is 0 Å². The van der Waals surface area contributed by atoms with Crippen molar-refractivity contribution in [1.82, 2.24) is 0 Å². The molecular weight excluding hydrogens is 268 g/mol. The van der Waals surface area contributed by atoms with Gasteiger partial charge in [-0.25, -0.2) is 0 Å². The summed E-state index contributed by atoms with van der Waals surface area (Å²) >= 11 is 6.52. The van der Waals surface area contributed by atoms with E-state index >= 15 is 0 Å². The van der Waals surface area contributed by atoms with Crippen molar-refractivity contribution in [1.29, 1.82) is 0 Å². The number of halogens is 1. The molecule has 112 valence electrons. The van der Waals surface area contributed by atoms with E-state index in [1.165, 1.54) is 31.2 Å². The molecule has 0 spiro atoms. The van der Waals surface area contributed by atoms with Crippen LogP contribution in [0.3, 0.4) is 0 Å². The standard InChI is InChI=1S/C18H27ClO/c1-2-3-12-20-13-11-17-14-16(9-10-18(17)19)15-7-5-4-6-8-15/h4-8,16-18H,2-3,9-14H2,1H3. The smallest absolute Gasteiger partial charge is 0.0469 e. The number of unbranched alkanes of at least 4 members (excludes halogenated alkanes) is 1. The third kappa shape index (κ3) is 4.79. The fourth-order valence-electron chi connectivity index (χ4n) is 3.14. The molecule has 0 aliphatic heterocycles. The maximum atomic E-state index is 6.52. The van der Waals surface area contributed by atoms with Crippen molar-refractivity contribution in [2.24, 2.45) is 5.92 Å². The van der Waals surface area contributed by atoms with Crippen LogP contribution in [0.2, 0.25) is 0 Å². The first kappa shape index (κ1) is 15.9. The van der Waals surface area contributed by atoms with Crippen LogP contribution in [0.15, 0.2) is 30.3 Å². The van der Waals surface area contributed by atoms with E-state index in [9.17, 15) is 0 Å². The lowest BCUT2D eigenvalue weighted by Gasteiger charge is -2.33. The number of alkyl halides is 1. The van der Waals surface area contributed by atoms with E-state index in [1.807, 2.05) is 0 Å². The molecule has 0 radical (unpaired) electrons. The lowest BCUT2D eigenvalue weighted by Crippen LogP contribution is -2.25. The highest BCUT2D eigenvalue weighted by atomic mass is 35.5. The van der Waals surface area contributed by atoms with Gasteiger partial charge in [0.05, 0.1) is 0 Å². The average Bonchev–Trinajstić information content (AvgIpc) is 2.49. The van der Waals surface area contributed by atoms with E-state index in [0.29, 0.717) is 17.2 Å². The second-order valence-corrected chi connectivity index (χ2v) is 6.51. The van der Waals surface area contributed by atoms with E-state index in [4.69, 9.17) is 16.3 Å². The Kier molecular flexibility index (Phi) is 6.89. The Morgan fingerprint density at radius 3 is 2.70 bits per heavy atom. The van der Waals surface area contributed by atoms with Crippen molar-refractivity contribution < 1.29 is 4.74 Å². The molecule has 2 heteroatoms. The Bertz CT molecular complexity index is 365. The summed E-state index contributed by atoms with van der Waals surface area (Å²) in [4.78, 5) is 0. The number of ether oxygens (including phenoxy) is 1. The molecule has 0 heterocycles. The van der Waals surface area contributed by atoms with E-state index in [0.717, 1.165) is 26.1 Å². The molecule has 0 saturated heterocycles.